The molecule has 1 aliphatic heterocycles. The molecule has 0 radical (unpaired) electrons. The highest BCUT2D eigenvalue weighted by molar-refractivity contribution is 5.84. The number of ether oxygens (including phenoxy) is 7. The molecule has 0 aromatic heterocycles. The summed E-state index contributed by atoms with van der Waals surface area (Å²) in [4.78, 5) is 133. The molecule has 31 nitrogen and oxygen atoms in total. The van der Waals surface area contributed by atoms with E-state index in [-0.39, 0.29) is 44.4 Å². The second-order valence-electron chi connectivity index (χ2n) is 27.8. The number of hydrogen-bond donors (Lipinski definition) is 12. The number of nitrogens with one attached hydrogen (secondary N) is 6. The van der Waals surface area contributed by atoms with Gasteiger partial charge in [0, 0.05) is 12.8 Å². The fourth-order valence-corrected chi connectivity index (χ4v) is 6.57. The molecule has 0 unspecified atom stereocenters. The van der Waals surface area contributed by atoms with Gasteiger partial charge in [-0.05, 0) is 58.7 Å². The van der Waals surface area contributed by atoms with Crippen LogP contribution in [0.5, 0.6) is 0 Å². The number of alkyl carbamates (subject to hydrolysis) is 6. The smallest absolute Gasteiger partial charge is 0.408 e. The molecule has 0 bridgehead atoms. The van der Waals surface area contributed by atoms with E-state index in [0.717, 1.165) is 0 Å². The zero-order valence-electron chi connectivity index (χ0n) is 59.2. The third-order valence-electron chi connectivity index (χ3n) is 12.2. The van der Waals surface area contributed by atoms with E-state index in [1.54, 1.807) is 138 Å². The minimum Gasteiger partial charge on any atom is -0.480 e. The molecular formula is C61H112F2N6O25. The SMILES string of the molecule is CC(C)(C)[C@H](NC(=O)OCCCF)C(=O)O.CC(C)(C)[C@H](NC(=O)OCCF)C(=O)O.CC(C)(C)[C@H](NC(=O)O[C@@H]1CCOC1)C(=O)O.CC(C)[C@@H](C)OC(=O)N[C@H](C(=O)O)C(C)(C)C.CCCOC(=O)N[C@H](C(=O)O)C(C)(C)C.CCOC(=O)N[C@H](C(=O)O)C(C)(C)C. The normalized spacial score (nSPS) is 15.1. The van der Waals surface area contributed by atoms with Crippen molar-refractivity contribution in [1.82, 2.24) is 31.9 Å². The third-order valence-corrected chi connectivity index (χ3v) is 12.2. The number of carboxylic acids is 6. The lowest BCUT2D eigenvalue weighted by atomic mass is 9.87. The van der Waals surface area contributed by atoms with Crippen LogP contribution >= 0.6 is 0 Å². The van der Waals surface area contributed by atoms with Crippen LogP contribution in [0.3, 0.4) is 0 Å². The zero-order chi connectivity index (χ0) is 75.1. The van der Waals surface area contributed by atoms with Crippen molar-refractivity contribution in [3.63, 3.8) is 0 Å². The Hall–Kier alpha value is -7.74. The quantitative estimate of drug-likeness (QED) is 0.0335. The molecule has 8 atom stereocenters. The number of hydrogen-bond acceptors (Lipinski definition) is 19. The molecule has 0 aliphatic carbocycles. The van der Waals surface area contributed by atoms with E-state index < -0.39 is 154 Å². The number of halogens is 2. The Bertz CT molecular complexity index is 2240. The Morgan fingerprint density at radius 1 is 0.415 bits per heavy atom. The van der Waals surface area contributed by atoms with E-state index in [1.165, 1.54) is 0 Å². The van der Waals surface area contributed by atoms with Gasteiger partial charge >= 0.3 is 72.4 Å². The van der Waals surface area contributed by atoms with Crippen LogP contribution in [-0.4, -0.2) is 204 Å². The Morgan fingerprint density at radius 3 is 0.926 bits per heavy atom. The summed E-state index contributed by atoms with van der Waals surface area (Å²) >= 11 is 0. The van der Waals surface area contributed by atoms with E-state index >= 15 is 0 Å². The Balaban J connectivity index is -0.000000338. The molecule has 1 saturated heterocycles. The van der Waals surface area contributed by atoms with E-state index in [2.05, 4.69) is 46.1 Å². The summed E-state index contributed by atoms with van der Waals surface area (Å²) in [6, 6.07) is -5.93. The van der Waals surface area contributed by atoms with Gasteiger partial charge in [0.05, 0.1) is 39.7 Å². The Morgan fingerprint density at radius 2 is 0.691 bits per heavy atom. The summed E-state index contributed by atoms with van der Waals surface area (Å²) in [6.07, 6.45) is -3.58. The molecular weight excluding hydrogens is 1250 g/mol. The maximum Gasteiger partial charge on any atom is 0.408 e. The summed E-state index contributed by atoms with van der Waals surface area (Å²) in [5.41, 5.74) is -3.48. The van der Waals surface area contributed by atoms with Gasteiger partial charge in [0.2, 0.25) is 0 Å². The van der Waals surface area contributed by atoms with E-state index in [4.69, 9.17) is 49.6 Å². The van der Waals surface area contributed by atoms with Gasteiger partial charge in [0.1, 0.15) is 61.7 Å². The molecule has 12 N–H and O–H groups in total. The average Bonchev–Trinajstić information content (AvgIpc) is 1.17. The van der Waals surface area contributed by atoms with Crippen molar-refractivity contribution in [2.24, 2.45) is 38.4 Å². The van der Waals surface area contributed by atoms with Crippen molar-refractivity contribution in [3.8, 4) is 0 Å². The zero-order valence-corrected chi connectivity index (χ0v) is 59.2. The second kappa shape index (κ2) is 45.6. The summed E-state index contributed by atoms with van der Waals surface area (Å²) in [5.74, 6) is -6.35. The molecule has 550 valence electrons. The van der Waals surface area contributed by atoms with Gasteiger partial charge in [-0.15, -0.1) is 0 Å². The number of aliphatic carboxylic acids is 6. The predicted octanol–water partition coefficient (Wildman–Crippen LogP) is 8.86. The van der Waals surface area contributed by atoms with Crippen LogP contribution in [0.4, 0.5) is 37.5 Å². The van der Waals surface area contributed by atoms with Gasteiger partial charge in [-0.1, -0.05) is 145 Å². The number of carbonyl (C=O) groups excluding carboxylic acids is 6. The molecule has 1 heterocycles. The second-order valence-corrected chi connectivity index (χ2v) is 27.8. The van der Waals surface area contributed by atoms with Crippen molar-refractivity contribution < 1.29 is 130 Å². The van der Waals surface area contributed by atoms with Crippen LogP contribution in [0.1, 0.15) is 179 Å². The maximum absolute atomic E-state index is 11.7. The number of carboxylic acid groups (broad SMARTS) is 6. The molecule has 94 heavy (non-hydrogen) atoms. The standard InChI is InChI=1S/C12H23NO4.C11H19NO5.C10H18FNO4.C10H19NO4.C9H16FNO4.C9H17NO4/c1-7(2)8(3)17-11(16)13-9(10(14)15)12(4,5)6;1-11(2,3)8(9(13)14)12-10(15)17-7-4-5-16-6-7;1-10(2,3)7(8(13)14)12-9(15)16-6-4-5-11;1-5-6-15-9(14)11-7(8(12)13)10(2,3)4;1-9(2,3)6(7(12)13)11-8(14)15-5-4-10;1-5-14-8(13)10-6(7(11)12)9(2,3)4/h7-9H,1-6H3,(H,13,16)(H,14,15);7-8H,4-6H2,1-3H3,(H,12,15)(H,13,14);7H,4-6H2,1-3H3,(H,12,15)(H,13,14);7H,5-6H2,1-4H3,(H,11,14)(H,12,13);6H,4-5H2,1-3H3,(H,11,14)(H,12,13);6H,5H2,1-4H3,(H,10,13)(H,11,12)/t8-,9-;7-,8-;2*7-;2*6-/m111111/s1. The van der Waals surface area contributed by atoms with Crippen molar-refractivity contribution in [1.29, 1.82) is 0 Å². The van der Waals surface area contributed by atoms with Gasteiger partial charge in [-0.2, -0.15) is 0 Å². The predicted molar refractivity (Wildman–Crippen MR) is 338 cm³/mol. The molecule has 0 aromatic carbocycles. The molecule has 33 heteroatoms. The lowest BCUT2D eigenvalue weighted by Crippen LogP contribution is -2.49. The molecule has 1 aliphatic rings. The average molecular weight is 1370 g/mol. The molecule has 6 amide bonds. The van der Waals surface area contributed by atoms with Gasteiger partial charge in [-0.3, -0.25) is 4.39 Å². The molecule has 1 fully saturated rings. The summed E-state index contributed by atoms with van der Waals surface area (Å²) in [6.45, 7) is 39.8. The van der Waals surface area contributed by atoms with Gasteiger partial charge in [-0.25, -0.2) is 61.9 Å². The van der Waals surface area contributed by atoms with Crippen LogP contribution in [-0.2, 0) is 61.9 Å². The largest absolute Gasteiger partial charge is 0.480 e. The monoisotopic (exact) mass is 1370 g/mol. The lowest BCUT2D eigenvalue weighted by molar-refractivity contribution is -0.143. The Kier molecular flexibility index (Phi) is 46.0. The molecule has 0 aromatic rings. The van der Waals surface area contributed by atoms with Crippen molar-refractivity contribution in [3.05, 3.63) is 0 Å². The van der Waals surface area contributed by atoms with Crippen LogP contribution in [0.2, 0.25) is 0 Å². The highest BCUT2D eigenvalue weighted by Crippen LogP contribution is 2.24. The van der Waals surface area contributed by atoms with Gasteiger partial charge < -0.3 is 95.7 Å². The number of carbonyl (C=O) groups is 12. The fourth-order valence-electron chi connectivity index (χ4n) is 6.57. The highest BCUT2D eigenvalue weighted by Gasteiger charge is 2.38. The van der Waals surface area contributed by atoms with E-state index in [9.17, 15) is 66.3 Å². The van der Waals surface area contributed by atoms with E-state index in [1.807, 2.05) is 20.8 Å². The highest BCUT2D eigenvalue weighted by atomic mass is 19.1. The van der Waals surface area contributed by atoms with Crippen LogP contribution in [0.15, 0.2) is 0 Å². The van der Waals surface area contributed by atoms with Gasteiger partial charge in [0.15, 0.2) is 0 Å². The molecule has 0 spiro atoms. The topological polar surface area (TPSA) is 463 Å². The molecule has 1 rings (SSSR count). The number of alkyl halides is 2. The summed E-state index contributed by atoms with van der Waals surface area (Å²) in [5, 5.41) is 67.3. The number of rotatable bonds is 23. The first-order chi connectivity index (χ1) is 42.5. The van der Waals surface area contributed by atoms with E-state index in [0.29, 0.717) is 32.7 Å². The van der Waals surface area contributed by atoms with Gasteiger partial charge in [0.25, 0.3) is 0 Å². The summed E-state index contributed by atoms with van der Waals surface area (Å²) in [7, 11) is 0. The lowest BCUT2D eigenvalue weighted by Gasteiger charge is -2.28. The first kappa shape index (κ1) is 95.0. The van der Waals surface area contributed by atoms with Crippen molar-refractivity contribution in [2.45, 2.75) is 227 Å². The van der Waals surface area contributed by atoms with Crippen molar-refractivity contribution >= 4 is 72.4 Å². The first-order valence-electron chi connectivity index (χ1n) is 30.2. The Labute approximate surface area is 551 Å². The van der Waals surface area contributed by atoms with Crippen LogP contribution in [0, 0.1) is 38.4 Å². The van der Waals surface area contributed by atoms with Crippen LogP contribution < -0.4 is 31.9 Å². The molecule has 0 saturated carbocycles. The maximum atomic E-state index is 11.7. The third kappa shape index (κ3) is 47.2. The van der Waals surface area contributed by atoms with Crippen LogP contribution in [0.25, 0.3) is 0 Å². The summed E-state index contributed by atoms with van der Waals surface area (Å²) < 4.78 is 56.9. The number of amides is 6. The minimum absolute atomic E-state index is 0.0567. The fraction of sp³-hybridized carbons (Fsp3) is 0.803. The minimum atomic E-state index is -1.15. The van der Waals surface area contributed by atoms with Crippen molar-refractivity contribution in [2.75, 3.05) is 53.0 Å². The first-order valence-corrected chi connectivity index (χ1v) is 30.2.